The molecule has 2 N–H and O–H groups in total. The Bertz CT molecular complexity index is 802. The first-order chi connectivity index (χ1) is 9.85. The lowest BCUT2D eigenvalue weighted by Crippen LogP contribution is -2.14. The summed E-state index contributed by atoms with van der Waals surface area (Å²) in [5, 5.41) is 4.50. The summed E-state index contributed by atoms with van der Waals surface area (Å²) in [7, 11) is -2.96. The van der Waals surface area contributed by atoms with Gasteiger partial charge < -0.3 is 5.73 Å². The third kappa shape index (κ3) is 3.02. The molecule has 21 heavy (non-hydrogen) atoms. The van der Waals surface area contributed by atoms with Crippen molar-refractivity contribution in [1.29, 1.82) is 0 Å². The highest BCUT2D eigenvalue weighted by atomic mass is 79.9. The highest BCUT2D eigenvalue weighted by Crippen LogP contribution is 2.33. The molecule has 0 amide bonds. The van der Waals surface area contributed by atoms with Crippen molar-refractivity contribution in [3.05, 3.63) is 33.2 Å². The van der Waals surface area contributed by atoms with E-state index in [1.807, 2.05) is 18.2 Å². The summed E-state index contributed by atoms with van der Waals surface area (Å²) in [6.45, 7) is 0. The first kappa shape index (κ1) is 15.1. The molecule has 1 atom stereocenters. The first-order valence-corrected chi connectivity index (χ1v) is 9.77. The summed E-state index contributed by atoms with van der Waals surface area (Å²) in [5.74, 6) is 0.801. The lowest BCUT2D eigenvalue weighted by Gasteiger charge is -2.10. The van der Waals surface area contributed by atoms with Gasteiger partial charge in [-0.3, -0.25) is 0 Å². The van der Waals surface area contributed by atoms with Gasteiger partial charge in [-0.1, -0.05) is 37.9 Å². The summed E-state index contributed by atoms with van der Waals surface area (Å²) in [5.41, 5.74) is 7.66. The molecule has 1 aliphatic heterocycles. The van der Waals surface area contributed by atoms with Crippen LogP contribution in [0.4, 0.5) is 5.82 Å². The van der Waals surface area contributed by atoms with E-state index in [2.05, 4.69) is 37.0 Å². The average Bonchev–Trinajstić information content (AvgIpc) is 2.92. The van der Waals surface area contributed by atoms with Crippen molar-refractivity contribution >= 4 is 47.5 Å². The maximum absolute atomic E-state index is 11.6. The van der Waals surface area contributed by atoms with Crippen LogP contribution < -0.4 is 5.73 Å². The van der Waals surface area contributed by atoms with E-state index in [1.54, 1.807) is 10.7 Å². The Morgan fingerprint density at radius 1 is 1.29 bits per heavy atom. The van der Waals surface area contributed by atoms with Gasteiger partial charge in [0.15, 0.2) is 9.84 Å². The number of halogens is 2. The van der Waals surface area contributed by atoms with Gasteiger partial charge in [0.1, 0.15) is 5.82 Å². The minimum absolute atomic E-state index is 0.111. The van der Waals surface area contributed by atoms with Crippen LogP contribution in [0.5, 0.6) is 0 Å². The molecule has 8 heteroatoms. The Morgan fingerprint density at radius 3 is 2.67 bits per heavy atom. The minimum atomic E-state index is -2.96. The fraction of sp³-hybridized carbons (Fsp3) is 0.308. The molecule has 2 aromatic rings. The summed E-state index contributed by atoms with van der Waals surface area (Å²) < 4.78 is 26.7. The quantitative estimate of drug-likeness (QED) is 0.787. The molecular weight excluding hydrogens is 422 g/mol. The van der Waals surface area contributed by atoms with Crippen LogP contribution in [0.3, 0.4) is 0 Å². The minimum Gasteiger partial charge on any atom is -0.384 e. The van der Waals surface area contributed by atoms with E-state index < -0.39 is 9.84 Å². The van der Waals surface area contributed by atoms with Crippen molar-refractivity contribution in [2.45, 2.75) is 12.5 Å². The second-order valence-corrected chi connectivity index (χ2v) is 9.08. The van der Waals surface area contributed by atoms with Crippen LogP contribution in [-0.2, 0) is 9.84 Å². The zero-order valence-electron chi connectivity index (χ0n) is 11.0. The number of benzene rings is 1. The molecule has 1 aromatic carbocycles. The lowest BCUT2D eigenvalue weighted by molar-refractivity contribution is 0.508. The van der Waals surface area contributed by atoms with E-state index in [-0.39, 0.29) is 17.5 Å². The van der Waals surface area contributed by atoms with E-state index >= 15 is 0 Å². The second kappa shape index (κ2) is 5.40. The maximum atomic E-state index is 11.6. The molecule has 0 spiro atoms. The number of hydrogen-bond acceptors (Lipinski definition) is 4. The largest absolute Gasteiger partial charge is 0.384 e. The Labute approximate surface area is 139 Å². The summed E-state index contributed by atoms with van der Waals surface area (Å²) in [4.78, 5) is 0. The topological polar surface area (TPSA) is 78.0 Å². The van der Waals surface area contributed by atoms with Gasteiger partial charge in [0.05, 0.1) is 23.2 Å². The van der Waals surface area contributed by atoms with Crippen molar-refractivity contribution in [3.8, 4) is 11.3 Å². The molecule has 5 nitrogen and oxygen atoms in total. The monoisotopic (exact) mass is 433 g/mol. The zero-order valence-corrected chi connectivity index (χ0v) is 14.9. The molecule has 1 saturated heterocycles. The molecule has 112 valence electrons. The number of hydrogen-bond donors (Lipinski definition) is 1. The fourth-order valence-corrected chi connectivity index (χ4v) is 5.44. The van der Waals surface area contributed by atoms with E-state index in [0.29, 0.717) is 12.2 Å². The molecule has 3 rings (SSSR count). The summed E-state index contributed by atoms with van der Waals surface area (Å²) in [6.07, 6.45) is 0.565. The molecular formula is C13H13Br2N3O2S. The zero-order chi connectivity index (χ0) is 15.2. The number of anilines is 1. The van der Waals surface area contributed by atoms with Crippen molar-refractivity contribution in [1.82, 2.24) is 9.78 Å². The van der Waals surface area contributed by atoms with E-state index in [4.69, 9.17) is 5.73 Å². The molecule has 2 heterocycles. The van der Waals surface area contributed by atoms with Gasteiger partial charge >= 0.3 is 0 Å². The number of nitrogens with zero attached hydrogens (tertiary/aromatic N) is 2. The average molecular weight is 435 g/mol. The predicted molar refractivity (Wildman–Crippen MR) is 89.8 cm³/mol. The summed E-state index contributed by atoms with van der Waals surface area (Å²) in [6, 6.07) is 7.41. The lowest BCUT2D eigenvalue weighted by atomic mass is 10.1. The summed E-state index contributed by atoms with van der Waals surface area (Å²) >= 11 is 6.91. The SMILES string of the molecule is Nc1cc(-c2ccc(Br)cc2Br)nn1C1CCS(=O)(=O)C1. The Balaban J connectivity index is 1.98. The normalized spacial score (nSPS) is 20.8. The van der Waals surface area contributed by atoms with Gasteiger partial charge in [0.2, 0.25) is 0 Å². The molecule has 1 fully saturated rings. The highest BCUT2D eigenvalue weighted by molar-refractivity contribution is 9.11. The first-order valence-electron chi connectivity index (χ1n) is 6.36. The maximum Gasteiger partial charge on any atom is 0.152 e. The van der Waals surface area contributed by atoms with Crippen LogP contribution in [0.1, 0.15) is 12.5 Å². The van der Waals surface area contributed by atoms with Gasteiger partial charge in [-0.15, -0.1) is 0 Å². The molecule has 1 aliphatic rings. The van der Waals surface area contributed by atoms with Crippen molar-refractivity contribution < 1.29 is 8.42 Å². The third-order valence-electron chi connectivity index (χ3n) is 3.53. The van der Waals surface area contributed by atoms with Crippen LogP contribution in [0.2, 0.25) is 0 Å². The van der Waals surface area contributed by atoms with E-state index in [1.165, 1.54) is 0 Å². The van der Waals surface area contributed by atoms with Crippen LogP contribution >= 0.6 is 31.9 Å². The second-order valence-electron chi connectivity index (χ2n) is 5.08. The molecule has 0 aliphatic carbocycles. The number of nitrogen functional groups attached to an aromatic ring is 1. The fourth-order valence-electron chi connectivity index (χ4n) is 2.50. The molecule has 0 radical (unpaired) electrons. The van der Waals surface area contributed by atoms with Gasteiger partial charge in [0.25, 0.3) is 0 Å². The van der Waals surface area contributed by atoms with Crippen molar-refractivity contribution in [2.75, 3.05) is 17.2 Å². The molecule has 1 aromatic heterocycles. The van der Waals surface area contributed by atoms with Gasteiger partial charge in [-0.05, 0) is 18.6 Å². The number of nitrogens with two attached hydrogens (primary N) is 1. The van der Waals surface area contributed by atoms with E-state index in [0.717, 1.165) is 20.2 Å². The van der Waals surface area contributed by atoms with Gasteiger partial charge in [-0.25, -0.2) is 13.1 Å². The third-order valence-corrected chi connectivity index (χ3v) is 6.43. The van der Waals surface area contributed by atoms with Crippen molar-refractivity contribution in [2.24, 2.45) is 0 Å². The number of rotatable bonds is 2. The smallest absolute Gasteiger partial charge is 0.152 e. The molecule has 0 bridgehead atoms. The number of sulfone groups is 1. The Morgan fingerprint density at radius 2 is 2.05 bits per heavy atom. The number of aromatic nitrogens is 2. The highest BCUT2D eigenvalue weighted by Gasteiger charge is 2.31. The van der Waals surface area contributed by atoms with Crippen molar-refractivity contribution in [3.63, 3.8) is 0 Å². The Hall–Kier alpha value is -0.860. The van der Waals surface area contributed by atoms with Crippen LogP contribution in [0, 0.1) is 0 Å². The van der Waals surface area contributed by atoms with Gasteiger partial charge in [0, 0.05) is 20.6 Å². The predicted octanol–water partition coefficient (Wildman–Crippen LogP) is 3.02. The van der Waals surface area contributed by atoms with Gasteiger partial charge in [-0.2, -0.15) is 5.10 Å². The van der Waals surface area contributed by atoms with E-state index in [9.17, 15) is 8.42 Å². The van der Waals surface area contributed by atoms with Crippen LogP contribution in [0.25, 0.3) is 11.3 Å². The van der Waals surface area contributed by atoms with Crippen LogP contribution in [0.15, 0.2) is 33.2 Å². The molecule has 0 saturated carbocycles. The van der Waals surface area contributed by atoms with Crippen LogP contribution in [-0.4, -0.2) is 29.7 Å². The standard InChI is InChI=1S/C13H13Br2N3O2S/c14-8-1-2-10(11(15)5-8)12-6-13(16)18(17-12)9-3-4-21(19,20)7-9/h1-2,5-6,9H,3-4,7,16H2. The molecule has 1 unspecified atom stereocenters. The Kier molecular flexibility index (Phi) is 3.87.